The Kier molecular flexibility index (Phi) is 3.18. The first-order valence-corrected chi connectivity index (χ1v) is 4.69. The average molecular weight is 212 g/mol. The van der Waals surface area contributed by atoms with Gasteiger partial charge in [-0.25, -0.2) is 4.79 Å². The number of aromatic nitrogens is 2. The maximum atomic E-state index is 10.3. The SMILES string of the molecule is CC(C)(CCNC(=O)O)n1cc(N)cn1. The molecule has 0 saturated carbocycles. The van der Waals surface area contributed by atoms with E-state index in [0.29, 0.717) is 18.7 Å². The van der Waals surface area contributed by atoms with E-state index in [-0.39, 0.29) is 5.54 Å². The van der Waals surface area contributed by atoms with Crippen molar-refractivity contribution in [2.24, 2.45) is 0 Å². The van der Waals surface area contributed by atoms with Crippen LogP contribution in [-0.2, 0) is 5.54 Å². The first kappa shape index (κ1) is 11.4. The molecule has 6 heteroatoms. The Labute approximate surface area is 88.1 Å². The maximum absolute atomic E-state index is 10.3. The lowest BCUT2D eigenvalue weighted by Gasteiger charge is -2.25. The summed E-state index contributed by atoms with van der Waals surface area (Å²) in [5.74, 6) is 0. The smallest absolute Gasteiger partial charge is 0.404 e. The average Bonchev–Trinajstić information content (AvgIpc) is 2.51. The second kappa shape index (κ2) is 4.20. The van der Waals surface area contributed by atoms with Gasteiger partial charge in [0.15, 0.2) is 0 Å². The van der Waals surface area contributed by atoms with Gasteiger partial charge in [0.25, 0.3) is 0 Å². The Morgan fingerprint density at radius 2 is 2.40 bits per heavy atom. The zero-order valence-corrected chi connectivity index (χ0v) is 8.90. The number of hydrogen-bond acceptors (Lipinski definition) is 3. The van der Waals surface area contributed by atoms with Crippen molar-refractivity contribution in [2.75, 3.05) is 12.3 Å². The van der Waals surface area contributed by atoms with Crippen molar-refractivity contribution < 1.29 is 9.90 Å². The third-order valence-electron chi connectivity index (χ3n) is 2.24. The number of hydrogen-bond donors (Lipinski definition) is 3. The predicted molar refractivity (Wildman–Crippen MR) is 56.6 cm³/mol. The molecule has 0 bridgehead atoms. The van der Waals surface area contributed by atoms with Crippen molar-refractivity contribution in [3.63, 3.8) is 0 Å². The number of carboxylic acid groups (broad SMARTS) is 1. The molecule has 1 aromatic heterocycles. The van der Waals surface area contributed by atoms with Crippen LogP contribution in [0.3, 0.4) is 0 Å². The highest BCUT2D eigenvalue weighted by atomic mass is 16.4. The first-order chi connectivity index (χ1) is 6.92. The van der Waals surface area contributed by atoms with Gasteiger partial charge in [-0.1, -0.05) is 0 Å². The van der Waals surface area contributed by atoms with Crippen LogP contribution in [0.5, 0.6) is 0 Å². The van der Waals surface area contributed by atoms with Gasteiger partial charge in [-0.3, -0.25) is 4.68 Å². The van der Waals surface area contributed by atoms with Gasteiger partial charge in [-0.15, -0.1) is 0 Å². The number of nitrogens with two attached hydrogens (primary N) is 1. The molecular formula is C9H16N4O2. The van der Waals surface area contributed by atoms with Crippen LogP contribution in [0.4, 0.5) is 10.5 Å². The number of rotatable bonds is 4. The van der Waals surface area contributed by atoms with E-state index in [1.54, 1.807) is 17.1 Å². The Balaban J connectivity index is 2.55. The van der Waals surface area contributed by atoms with E-state index < -0.39 is 6.09 Å². The van der Waals surface area contributed by atoms with E-state index in [4.69, 9.17) is 10.8 Å². The number of carbonyl (C=O) groups is 1. The fourth-order valence-corrected chi connectivity index (χ4v) is 1.26. The third kappa shape index (κ3) is 3.16. The van der Waals surface area contributed by atoms with Crippen LogP contribution in [0.2, 0.25) is 0 Å². The molecule has 0 fully saturated rings. The van der Waals surface area contributed by atoms with E-state index >= 15 is 0 Å². The van der Waals surface area contributed by atoms with Gasteiger partial charge in [-0.05, 0) is 20.3 Å². The first-order valence-electron chi connectivity index (χ1n) is 4.69. The van der Waals surface area contributed by atoms with Gasteiger partial charge in [0.2, 0.25) is 0 Å². The second-order valence-electron chi connectivity index (χ2n) is 4.01. The minimum atomic E-state index is -1.01. The van der Waals surface area contributed by atoms with Crippen LogP contribution in [0.15, 0.2) is 12.4 Å². The van der Waals surface area contributed by atoms with Crippen LogP contribution in [0, 0.1) is 0 Å². The standard InChI is InChI=1S/C9H16N4O2/c1-9(2,3-4-11-8(14)15)13-6-7(10)5-12-13/h5-6,11H,3-4,10H2,1-2H3,(H,14,15). The van der Waals surface area contributed by atoms with Crippen molar-refractivity contribution in [1.82, 2.24) is 15.1 Å². The lowest BCUT2D eigenvalue weighted by Crippen LogP contribution is -2.33. The summed E-state index contributed by atoms with van der Waals surface area (Å²) in [4.78, 5) is 10.3. The molecule has 0 radical (unpaired) electrons. The van der Waals surface area contributed by atoms with Crippen molar-refractivity contribution in [2.45, 2.75) is 25.8 Å². The summed E-state index contributed by atoms with van der Waals surface area (Å²) in [6.07, 6.45) is 2.96. The minimum absolute atomic E-state index is 0.250. The van der Waals surface area contributed by atoms with Gasteiger partial charge in [0.1, 0.15) is 0 Å². The molecular weight excluding hydrogens is 196 g/mol. The van der Waals surface area contributed by atoms with Crippen molar-refractivity contribution in [3.05, 3.63) is 12.4 Å². The molecule has 15 heavy (non-hydrogen) atoms. The number of amides is 1. The Hall–Kier alpha value is -1.72. The van der Waals surface area contributed by atoms with Gasteiger partial charge in [0.05, 0.1) is 17.4 Å². The van der Waals surface area contributed by atoms with Crippen molar-refractivity contribution in [1.29, 1.82) is 0 Å². The molecule has 1 aromatic rings. The highest BCUT2D eigenvalue weighted by Gasteiger charge is 2.20. The molecule has 0 aliphatic heterocycles. The second-order valence-corrected chi connectivity index (χ2v) is 4.01. The molecule has 0 aliphatic carbocycles. The molecule has 0 spiro atoms. The Morgan fingerprint density at radius 3 is 2.87 bits per heavy atom. The molecule has 1 rings (SSSR count). The fourth-order valence-electron chi connectivity index (χ4n) is 1.26. The van der Waals surface area contributed by atoms with Gasteiger partial charge in [-0.2, -0.15) is 5.10 Å². The van der Waals surface area contributed by atoms with Crippen molar-refractivity contribution >= 4 is 11.8 Å². The molecule has 4 N–H and O–H groups in total. The maximum Gasteiger partial charge on any atom is 0.404 e. The lowest BCUT2D eigenvalue weighted by atomic mass is 10.0. The number of nitrogens with zero attached hydrogens (tertiary/aromatic N) is 2. The van der Waals surface area contributed by atoms with E-state index in [1.165, 1.54) is 0 Å². The lowest BCUT2D eigenvalue weighted by molar-refractivity contribution is 0.191. The van der Waals surface area contributed by atoms with Crippen LogP contribution in [0.1, 0.15) is 20.3 Å². The summed E-state index contributed by atoms with van der Waals surface area (Å²) in [7, 11) is 0. The van der Waals surface area contributed by atoms with Crippen molar-refractivity contribution in [3.8, 4) is 0 Å². The Bertz CT molecular complexity index is 346. The molecule has 1 amide bonds. The molecule has 0 aliphatic rings. The van der Waals surface area contributed by atoms with E-state index in [0.717, 1.165) is 0 Å². The summed E-state index contributed by atoms with van der Waals surface area (Å²) in [5, 5.41) is 14.9. The summed E-state index contributed by atoms with van der Waals surface area (Å²) < 4.78 is 1.74. The minimum Gasteiger partial charge on any atom is -0.465 e. The Morgan fingerprint density at radius 1 is 1.73 bits per heavy atom. The van der Waals surface area contributed by atoms with Crippen LogP contribution >= 0.6 is 0 Å². The van der Waals surface area contributed by atoms with Gasteiger partial charge < -0.3 is 16.2 Å². The zero-order chi connectivity index (χ0) is 11.5. The molecule has 84 valence electrons. The largest absolute Gasteiger partial charge is 0.465 e. The van der Waals surface area contributed by atoms with E-state index in [1.807, 2.05) is 13.8 Å². The van der Waals surface area contributed by atoms with Crippen LogP contribution < -0.4 is 11.1 Å². The normalized spacial score (nSPS) is 11.3. The molecule has 6 nitrogen and oxygen atoms in total. The van der Waals surface area contributed by atoms with E-state index in [9.17, 15) is 4.79 Å². The van der Waals surface area contributed by atoms with Crippen LogP contribution in [-0.4, -0.2) is 27.5 Å². The van der Waals surface area contributed by atoms with E-state index in [2.05, 4.69) is 10.4 Å². The summed E-state index contributed by atoms with van der Waals surface area (Å²) in [5.41, 5.74) is 5.91. The molecule has 0 aromatic carbocycles. The van der Waals surface area contributed by atoms with Gasteiger partial charge >= 0.3 is 6.09 Å². The number of anilines is 1. The highest BCUT2D eigenvalue weighted by molar-refractivity contribution is 5.64. The quantitative estimate of drug-likeness (QED) is 0.690. The fraction of sp³-hybridized carbons (Fsp3) is 0.556. The summed E-state index contributed by atoms with van der Waals surface area (Å²) in [6, 6.07) is 0. The predicted octanol–water partition coefficient (Wildman–Crippen LogP) is 0.858. The molecule has 1 heterocycles. The highest BCUT2D eigenvalue weighted by Crippen LogP contribution is 2.19. The molecule has 0 saturated heterocycles. The number of nitrogens with one attached hydrogen (secondary N) is 1. The topological polar surface area (TPSA) is 93.2 Å². The summed E-state index contributed by atoms with van der Waals surface area (Å²) >= 11 is 0. The van der Waals surface area contributed by atoms with Crippen LogP contribution in [0.25, 0.3) is 0 Å². The monoisotopic (exact) mass is 212 g/mol. The molecule has 0 unspecified atom stereocenters. The van der Waals surface area contributed by atoms with Gasteiger partial charge in [0, 0.05) is 12.7 Å². The zero-order valence-electron chi connectivity index (χ0n) is 8.90. The number of nitrogen functional groups attached to an aromatic ring is 1. The molecule has 0 atom stereocenters. The summed E-state index contributed by atoms with van der Waals surface area (Å²) in [6.45, 7) is 4.34. The third-order valence-corrected chi connectivity index (χ3v) is 2.24.